The highest BCUT2D eigenvalue weighted by Gasteiger charge is 2.41. The Morgan fingerprint density at radius 2 is 1.82 bits per heavy atom. The SMILES string of the molecule is CC(=O)CCCCC[C@H](NC(=O)Cc1c[nH]c2ccc(OC(=O)C(F)(F)F)cc12)c1ncc(-c2ccccc2)[nH]1. The van der Waals surface area contributed by atoms with Crippen molar-refractivity contribution in [1.29, 1.82) is 0 Å². The number of ether oxygens (including phenoxy) is 1. The zero-order valence-electron chi connectivity index (χ0n) is 21.8. The van der Waals surface area contributed by atoms with E-state index in [4.69, 9.17) is 0 Å². The third-order valence-electron chi connectivity index (χ3n) is 6.40. The van der Waals surface area contributed by atoms with E-state index < -0.39 is 18.2 Å². The topological polar surface area (TPSA) is 117 Å². The number of fused-ring (bicyclic) bond motifs is 1. The Bertz CT molecular complexity index is 1480. The minimum absolute atomic E-state index is 0.0657. The highest BCUT2D eigenvalue weighted by atomic mass is 19.4. The number of imidazole rings is 1. The van der Waals surface area contributed by atoms with Crippen molar-refractivity contribution in [2.45, 2.75) is 57.7 Å². The van der Waals surface area contributed by atoms with Crippen LogP contribution in [0.1, 0.15) is 56.5 Å². The van der Waals surface area contributed by atoms with Crippen molar-refractivity contribution in [1.82, 2.24) is 20.3 Å². The molecule has 210 valence electrons. The normalized spacial score (nSPS) is 12.3. The first-order valence-electron chi connectivity index (χ1n) is 12.9. The lowest BCUT2D eigenvalue weighted by molar-refractivity contribution is -0.189. The molecule has 0 radical (unpaired) electrons. The number of nitrogens with one attached hydrogen (secondary N) is 3. The van der Waals surface area contributed by atoms with E-state index in [0.717, 1.165) is 30.5 Å². The molecule has 0 saturated heterocycles. The number of carbonyl (C=O) groups excluding carboxylic acids is 3. The number of Topliss-reactive ketones (excluding diaryl/α,β-unsaturated/α-hetero) is 1. The van der Waals surface area contributed by atoms with E-state index in [1.54, 1.807) is 19.3 Å². The van der Waals surface area contributed by atoms with E-state index >= 15 is 0 Å². The standard InChI is InChI=1S/C29H29F3N4O4/c1-18(37)8-4-2-7-11-24(27-34-17-25(36-27)19-9-5-3-6-10-19)35-26(38)14-20-16-33-23-13-12-21(15-22(20)23)40-28(39)29(30,31)32/h3,5-6,9-10,12-13,15-17,24,33H,2,4,7-8,11,14H2,1H3,(H,34,36)(H,35,38)/t24-/m0/s1. The van der Waals surface area contributed by atoms with E-state index in [2.05, 4.69) is 25.0 Å². The number of amides is 1. The summed E-state index contributed by atoms with van der Waals surface area (Å²) in [6.45, 7) is 1.56. The molecule has 0 saturated carbocycles. The van der Waals surface area contributed by atoms with Crippen LogP contribution in [0.25, 0.3) is 22.2 Å². The number of hydrogen-bond acceptors (Lipinski definition) is 5. The average Bonchev–Trinajstić information content (AvgIpc) is 3.55. The van der Waals surface area contributed by atoms with Gasteiger partial charge in [0.1, 0.15) is 17.4 Å². The quantitative estimate of drug-likeness (QED) is 0.113. The summed E-state index contributed by atoms with van der Waals surface area (Å²) in [7, 11) is 0. The molecule has 3 N–H and O–H groups in total. The molecule has 1 atom stereocenters. The third-order valence-corrected chi connectivity index (χ3v) is 6.40. The summed E-state index contributed by atoms with van der Waals surface area (Å²) in [4.78, 5) is 46.4. The second-order valence-electron chi connectivity index (χ2n) is 9.55. The van der Waals surface area contributed by atoms with Crippen LogP contribution in [0, 0.1) is 0 Å². The Labute approximate surface area is 228 Å². The van der Waals surface area contributed by atoms with Gasteiger partial charge in [0.2, 0.25) is 5.91 Å². The number of unbranched alkanes of at least 4 members (excludes halogenated alkanes) is 2. The molecule has 0 fully saturated rings. The number of rotatable bonds is 12. The zero-order chi connectivity index (χ0) is 28.7. The van der Waals surface area contributed by atoms with Gasteiger partial charge in [0, 0.05) is 23.5 Å². The number of hydrogen-bond donors (Lipinski definition) is 3. The van der Waals surface area contributed by atoms with Crippen LogP contribution < -0.4 is 10.1 Å². The monoisotopic (exact) mass is 554 g/mol. The number of alkyl halides is 3. The summed E-state index contributed by atoms with van der Waals surface area (Å²) in [5.74, 6) is -2.17. The Morgan fingerprint density at radius 3 is 2.55 bits per heavy atom. The first kappa shape index (κ1) is 28.6. The smallest absolute Gasteiger partial charge is 0.420 e. The second kappa shape index (κ2) is 12.6. The molecule has 0 unspecified atom stereocenters. The van der Waals surface area contributed by atoms with Crippen molar-refractivity contribution >= 4 is 28.6 Å². The number of benzene rings is 2. The highest BCUT2D eigenvalue weighted by Crippen LogP contribution is 2.27. The first-order chi connectivity index (χ1) is 19.1. The van der Waals surface area contributed by atoms with Crippen LogP contribution in [0.2, 0.25) is 0 Å². The molecule has 2 aromatic heterocycles. The molecule has 11 heteroatoms. The number of nitrogens with zero attached hydrogens (tertiary/aromatic N) is 1. The van der Waals surface area contributed by atoms with E-state index in [0.29, 0.717) is 35.1 Å². The van der Waals surface area contributed by atoms with Gasteiger partial charge in [-0.2, -0.15) is 13.2 Å². The van der Waals surface area contributed by atoms with Gasteiger partial charge in [-0.15, -0.1) is 0 Å². The van der Waals surface area contributed by atoms with Crippen LogP contribution in [0.4, 0.5) is 13.2 Å². The van der Waals surface area contributed by atoms with Crippen LogP contribution in [0.3, 0.4) is 0 Å². The van der Waals surface area contributed by atoms with E-state index in [1.807, 2.05) is 30.3 Å². The van der Waals surface area contributed by atoms with Crippen LogP contribution in [0.5, 0.6) is 5.75 Å². The van der Waals surface area contributed by atoms with Crippen LogP contribution in [-0.4, -0.2) is 38.8 Å². The lowest BCUT2D eigenvalue weighted by Crippen LogP contribution is -2.30. The van der Waals surface area contributed by atoms with Gasteiger partial charge >= 0.3 is 12.1 Å². The molecule has 0 aliphatic carbocycles. The zero-order valence-corrected chi connectivity index (χ0v) is 21.8. The number of H-pyrrole nitrogens is 2. The van der Waals surface area contributed by atoms with Gasteiger partial charge in [0.15, 0.2) is 0 Å². The number of aromatic amines is 2. The maximum absolute atomic E-state index is 13.1. The van der Waals surface area contributed by atoms with Gasteiger partial charge in [0.05, 0.1) is 24.4 Å². The molecule has 8 nitrogen and oxygen atoms in total. The fourth-order valence-electron chi connectivity index (χ4n) is 4.41. The Morgan fingerprint density at radius 1 is 1.05 bits per heavy atom. The van der Waals surface area contributed by atoms with Crippen molar-refractivity contribution in [2.75, 3.05) is 0 Å². The molecule has 4 rings (SSSR count). The van der Waals surface area contributed by atoms with Gasteiger partial charge in [-0.3, -0.25) is 4.79 Å². The van der Waals surface area contributed by atoms with Crippen LogP contribution in [-0.2, 0) is 20.8 Å². The molecule has 0 bridgehead atoms. The molecule has 2 heterocycles. The number of ketones is 1. The molecule has 0 aliphatic rings. The van der Waals surface area contributed by atoms with E-state index in [9.17, 15) is 27.6 Å². The van der Waals surface area contributed by atoms with Crippen molar-refractivity contribution < 1.29 is 32.3 Å². The molecule has 0 aliphatic heterocycles. The minimum Gasteiger partial charge on any atom is -0.420 e. The molecular weight excluding hydrogens is 525 g/mol. The van der Waals surface area contributed by atoms with Crippen molar-refractivity contribution in [3.8, 4) is 17.0 Å². The summed E-state index contributed by atoms with van der Waals surface area (Å²) in [6, 6.07) is 13.2. The van der Waals surface area contributed by atoms with Gasteiger partial charge < -0.3 is 24.8 Å². The van der Waals surface area contributed by atoms with Crippen molar-refractivity contribution in [3.63, 3.8) is 0 Å². The molecule has 40 heavy (non-hydrogen) atoms. The summed E-state index contributed by atoms with van der Waals surface area (Å²) >= 11 is 0. The van der Waals surface area contributed by atoms with Crippen molar-refractivity contribution in [3.05, 3.63) is 72.3 Å². The fourth-order valence-corrected chi connectivity index (χ4v) is 4.41. The predicted octanol–water partition coefficient (Wildman–Crippen LogP) is 5.97. The minimum atomic E-state index is -5.12. The first-order valence-corrected chi connectivity index (χ1v) is 12.9. The second-order valence-corrected chi connectivity index (χ2v) is 9.55. The Kier molecular flexibility index (Phi) is 9.03. The van der Waals surface area contributed by atoms with E-state index in [-0.39, 0.29) is 23.9 Å². The van der Waals surface area contributed by atoms with Crippen LogP contribution in [0.15, 0.2) is 60.9 Å². The average molecular weight is 555 g/mol. The number of carbonyl (C=O) groups is 3. The maximum Gasteiger partial charge on any atom is 0.491 e. The number of halogens is 3. The molecular formula is C29H29F3N4O4. The van der Waals surface area contributed by atoms with E-state index in [1.165, 1.54) is 18.2 Å². The largest absolute Gasteiger partial charge is 0.491 e. The summed E-state index contributed by atoms with van der Waals surface area (Å²) in [6.07, 6.45) is 1.57. The summed E-state index contributed by atoms with van der Waals surface area (Å²) < 4.78 is 42.3. The summed E-state index contributed by atoms with van der Waals surface area (Å²) in [5, 5.41) is 3.49. The van der Waals surface area contributed by atoms with Gasteiger partial charge in [0.25, 0.3) is 0 Å². The Hall–Kier alpha value is -4.41. The molecule has 0 spiro atoms. The third kappa shape index (κ3) is 7.58. The number of aromatic nitrogens is 3. The van der Waals surface area contributed by atoms with Crippen molar-refractivity contribution in [2.24, 2.45) is 0 Å². The lowest BCUT2D eigenvalue weighted by Gasteiger charge is -2.17. The molecule has 4 aromatic rings. The van der Waals surface area contributed by atoms with Gasteiger partial charge in [-0.1, -0.05) is 43.2 Å². The highest BCUT2D eigenvalue weighted by molar-refractivity contribution is 5.90. The fraction of sp³-hybridized carbons (Fsp3) is 0.310. The number of esters is 1. The lowest BCUT2D eigenvalue weighted by atomic mass is 10.0. The molecule has 2 aromatic carbocycles. The molecule has 1 amide bonds. The van der Waals surface area contributed by atoms with Gasteiger partial charge in [-0.05, 0) is 49.1 Å². The predicted molar refractivity (Wildman–Crippen MR) is 142 cm³/mol. The maximum atomic E-state index is 13.1. The van der Waals surface area contributed by atoms with Gasteiger partial charge in [-0.25, -0.2) is 9.78 Å². The Balaban J connectivity index is 1.48. The summed E-state index contributed by atoms with van der Waals surface area (Å²) in [5.41, 5.74) is 2.87. The van der Waals surface area contributed by atoms with Crippen LogP contribution >= 0.6 is 0 Å².